The zero-order valence-electron chi connectivity index (χ0n) is 10.8. The first-order valence-electron chi connectivity index (χ1n) is 6.33. The fraction of sp³-hybridized carbons (Fsp3) is 0.538. The standard InChI is InChI=1S/C13H17N3O3/c1-13(12(18)19)5-3-2-4-10(13)16-11(17)9-6-14-8-15-7-9/h6-8,10H,2-5H2,1H3,(H,16,17)(H,18,19). The Morgan fingerprint density at radius 3 is 2.68 bits per heavy atom. The average Bonchev–Trinajstić information content (AvgIpc) is 2.42. The largest absolute Gasteiger partial charge is 0.481 e. The highest BCUT2D eigenvalue weighted by atomic mass is 16.4. The second-order valence-corrected chi connectivity index (χ2v) is 5.12. The average molecular weight is 263 g/mol. The molecule has 1 saturated carbocycles. The predicted molar refractivity (Wildman–Crippen MR) is 67.5 cm³/mol. The van der Waals surface area contributed by atoms with Crippen LogP contribution in [0.1, 0.15) is 43.0 Å². The molecular weight excluding hydrogens is 246 g/mol. The molecule has 2 unspecified atom stereocenters. The third-order valence-corrected chi connectivity index (χ3v) is 3.82. The lowest BCUT2D eigenvalue weighted by Crippen LogP contribution is -2.52. The molecule has 1 fully saturated rings. The smallest absolute Gasteiger partial charge is 0.311 e. The van der Waals surface area contributed by atoms with Crippen LogP contribution in [-0.2, 0) is 4.79 Å². The lowest BCUT2D eigenvalue weighted by molar-refractivity contribution is -0.151. The highest BCUT2D eigenvalue weighted by molar-refractivity contribution is 5.94. The van der Waals surface area contributed by atoms with E-state index in [2.05, 4.69) is 15.3 Å². The molecule has 1 aromatic heterocycles. The minimum absolute atomic E-state index is 0.319. The van der Waals surface area contributed by atoms with Gasteiger partial charge in [-0.15, -0.1) is 0 Å². The molecule has 0 aromatic carbocycles. The van der Waals surface area contributed by atoms with Crippen molar-refractivity contribution in [2.45, 2.75) is 38.6 Å². The van der Waals surface area contributed by atoms with E-state index in [4.69, 9.17) is 0 Å². The summed E-state index contributed by atoms with van der Waals surface area (Å²) < 4.78 is 0. The summed E-state index contributed by atoms with van der Waals surface area (Å²) in [5, 5.41) is 12.2. The van der Waals surface area contributed by atoms with Gasteiger partial charge in [0, 0.05) is 18.4 Å². The Morgan fingerprint density at radius 1 is 1.37 bits per heavy atom. The van der Waals surface area contributed by atoms with E-state index >= 15 is 0 Å². The van der Waals surface area contributed by atoms with Gasteiger partial charge in [0.2, 0.25) is 0 Å². The van der Waals surface area contributed by atoms with Crippen LogP contribution in [0.15, 0.2) is 18.7 Å². The highest BCUT2D eigenvalue weighted by Crippen LogP contribution is 2.36. The van der Waals surface area contributed by atoms with Gasteiger partial charge in [0.25, 0.3) is 5.91 Å². The molecule has 0 saturated heterocycles. The Bertz CT molecular complexity index is 477. The molecule has 1 aromatic rings. The monoisotopic (exact) mass is 263 g/mol. The maximum Gasteiger partial charge on any atom is 0.311 e. The van der Waals surface area contributed by atoms with Gasteiger partial charge in [-0.05, 0) is 19.8 Å². The number of amides is 1. The summed E-state index contributed by atoms with van der Waals surface area (Å²) in [6.45, 7) is 1.70. The number of aromatic nitrogens is 2. The Hall–Kier alpha value is -1.98. The van der Waals surface area contributed by atoms with E-state index in [1.807, 2.05) is 0 Å². The number of carbonyl (C=O) groups excluding carboxylic acids is 1. The van der Waals surface area contributed by atoms with Crippen LogP contribution < -0.4 is 5.32 Å². The molecule has 0 aliphatic heterocycles. The number of carbonyl (C=O) groups is 2. The number of hydrogen-bond donors (Lipinski definition) is 2. The van der Waals surface area contributed by atoms with Crippen LogP contribution in [0.25, 0.3) is 0 Å². The predicted octanol–water partition coefficient (Wildman–Crippen LogP) is 1.24. The molecule has 102 valence electrons. The van der Waals surface area contributed by atoms with Crippen LogP contribution in [0.4, 0.5) is 0 Å². The number of carboxylic acids is 1. The van der Waals surface area contributed by atoms with Crippen LogP contribution in [0, 0.1) is 5.41 Å². The third kappa shape index (κ3) is 2.72. The summed E-state index contributed by atoms with van der Waals surface area (Å²) in [7, 11) is 0. The minimum Gasteiger partial charge on any atom is -0.481 e. The van der Waals surface area contributed by atoms with Gasteiger partial charge in [0.15, 0.2) is 0 Å². The third-order valence-electron chi connectivity index (χ3n) is 3.82. The molecule has 6 heteroatoms. The van der Waals surface area contributed by atoms with Gasteiger partial charge in [0.05, 0.1) is 11.0 Å². The number of carboxylic acid groups (broad SMARTS) is 1. The van der Waals surface area contributed by atoms with Crippen molar-refractivity contribution in [3.8, 4) is 0 Å². The quantitative estimate of drug-likeness (QED) is 0.856. The lowest BCUT2D eigenvalue weighted by Gasteiger charge is -2.38. The SMILES string of the molecule is CC1(C(=O)O)CCCCC1NC(=O)c1cncnc1. The Kier molecular flexibility index (Phi) is 3.78. The summed E-state index contributed by atoms with van der Waals surface area (Å²) in [5.74, 6) is -1.18. The first-order chi connectivity index (χ1) is 9.04. The Morgan fingerprint density at radius 2 is 2.05 bits per heavy atom. The summed E-state index contributed by atoms with van der Waals surface area (Å²) in [6.07, 6.45) is 7.26. The van der Waals surface area contributed by atoms with E-state index in [1.54, 1.807) is 6.92 Å². The molecule has 2 rings (SSSR count). The van der Waals surface area contributed by atoms with Gasteiger partial charge in [-0.2, -0.15) is 0 Å². The van der Waals surface area contributed by atoms with Crippen molar-refractivity contribution in [3.63, 3.8) is 0 Å². The second kappa shape index (κ2) is 5.34. The van der Waals surface area contributed by atoms with Gasteiger partial charge in [-0.3, -0.25) is 9.59 Å². The highest BCUT2D eigenvalue weighted by Gasteiger charge is 2.43. The van der Waals surface area contributed by atoms with Gasteiger partial charge in [-0.25, -0.2) is 9.97 Å². The van der Waals surface area contributed by atoms with Crippen LogP contribution in [0.3, 0.4) is 0 Å². The fourth-order valence-corrected chi connectivity index (χ4v) is 2.48. The molecule has 6 nitrogen and oxygen atoms in total. The zero-order valence-corrected chi connectivity index (χ0v) is 10.8. The number of rotatable bonds is 3. The summed E-state index contributed by atoms with van der Waals surface area (Å²) in [5.41, 5.74) is -0.551. The van der Waals surface area contributed by atoms with Crippen molar-refractivity contribution in [2.75, 3.05) is 0 Å². The van der Waals surface area contributed by atoms with Gasteiger partial charge >= 0.3 is 5.97 Å². The maximum atomic E-state index is 12.0. The number of nitrogens with zero attached hydrogens (tertiary/aromatic N) is 2. The molecule has 1 aliphatic carbocycles. The van der Waals surface area contributed by atoms with E-state index in [1.165, 1.54) is 18.7 Å². The normalized spacial score (nSPS) is 26.7. The molecule has 1 aliphatic rings. The molecular formula is C13H17N3O3. The zero-order chi connectivity index (χ0) is 13.9. The molecule has 2 atom stereocenters. The first-order valence-corrected chi connectivity index (χ1v) is 6.33. The summed E-state index contributed by atoms with van der Waals surface area (Å²) in [6, 6.07) is -0.355. The summed E-state index contributed by atoms with van der Waals surface area (Å²) >= 11 is 0. The lowest BCUT2D eigenvalue weighted by atomic mass is 9.71. The van der Waals surface area contributed by atoms with Crippen molar-refractivity contribution < 1.29 is 14.7 Å². The summed E-state index contributed by atoms with van der Waals surface area (Å²) in [4.78, 5) is 31.0. The van der Waals surface area contributed by atoms with E-state index in [9.17, 15) is 14.7 Å². The van der Waals surface area contributed by atoms with E-state index in [-0.39, 0.29) is 11.9 Å². The maximum absolute atomic E-state index is 12.0. The van der Waals surface area contributed by atoms with E-state index in [0.29, 0.717) is 18.4 Å². The van der Waals surface area contributed by atoms with Crippen molar-refractivity contribution in [3.05, 3.63) is 24.3 Å². The second-order valence-electron chi connectivity index (χ2n) is 5.12. The molecule has 2 N–H and O–H groups in total. The van der Waals surface area contributed by atoms with Crippen molar-refractivity contribution in [2.24, 2.45) is 5.41 Å². The van der Waals surface area contributed by atoms with E-state index in [0.717, 1.165) is 12.8 Å². The van der Waals surface area contributed by atoms with Gasteiger partial charge < -0.3 is 10.4 Å². The van der Waals surface area contributed by atoms with Gasteiger partial charge in [-0.1, -0.05) is 12.8 Å². The van der Waals surface area contributed by atoms with Crippen molar-refractivity contribution in [1.82, 2.24) is 15.3 Å². The molecule has 19 heavy (non-hydrogen) atoms. The number of aliphatic carboxylic acids is 1. The van der Waals surface area contributed by atoms with Crippen LogP contribution in [0.5, 0.6) is 0 Å². The molecule has 0 radical (unpaired) electrons. The van der Waals surface area contributed by atoms with Crippen LogP contribution >= 0.6 is 0 Å². The van der Waals surface area contributed by atoms with Crippen molar-refractivity contribution in [1.29, 1.82) is 0 Å². The molecule has 0 bridgehead atoms. The minimum atomic E-state index is -0.899. The van der Waals surface area contributed by atoms with Gasteiger partial charge in [0.1, 0.15) is 6.33 Å². The van der Waals surface area contributed by atoms with E-state index < -0.39 is 11.4 Å². The topological polar surface area (TPSA) is 92.2 Å². The molecule has 1 amide bonds. The first kappa shape index (κ1) is 13.5. The molecule has 0 spiro atoms. The molecule has 1 heterocycles. The van der Waals surface area contributed by atoms with Crippen LogP contribution in [0.2, 0.25) is 0 Å². The number of nitrogens with one attached hydrogen (secondary N) is 1. The Labute approximate surface area is 111 Å². The number of hydrogen-bond acceptors (Lipinski definition) is 4. The van der Waals surface area contributed by atoms with Crippen LogP contribution in [-0.4, -0.2) is 33.0 Å². The van der Waals surface area contributed by atoms with Crippen molar-refractivity contribution >= 4 is 11.9 Å². The fourth-order valence-electron chi connectivity index (χ4n) is 2.48. The Balaban J connectivity index is 2.12.